The van der Waals surface area contributed by atoms with E-state index in [2.05, 4.69) is 15.5 Å². The molecule has 7 nitrogen and oxygen atoms in total. The second-order valence-corrected chi connectivity index (χ2v) is 6.62. The van der Waals surface area contributed by atoms with Crippen LogP contribution in [0.3, 0.4) is 0 Å². The van der Waals surface area contributed by atoms with Crippen molar-refractivity contribution in [2.75, 3.05) is 26.6 Å². The molecule has 30 heavy (non-hydrogen) atoms. The van der Waals surface area contributed by atoms with E-state index in [0.717, 1.165) is 22.0 Å². The first kappa shape index (κ1) is 19.3. The fraction of sp³-hybridized carbons (Fsp3) is 0.130. The Morgan fingerprint density at radius 1 is 0.900 bits per heavy atom. The predicted octanol–water partition coefficient (Wildman–Crippen LogP) is 4.51. The first-order valence-electron chi connectivity index (χ1n) is 9.28. The summed E-state index contributed by atoms with van der Waals surface area (Å²) in [6.07, 6.45) is 1.72. The molecule has 2 N–H and O–H groups in total. The zero-order valence-electron chi connectivity index (χ0n) is 16.9. The molecule has 152 valence electrons. The van der Waals surface area contributed by atoms with Crippen molar-refractivity contribution in [1.82, 2.24) is 10.2 Å². The maximum atomic E-state index is 12.8. The van der Waals surface area contributed by atoms with Crippen molar-refractivity contribution in [1.29, 1.82) is 0 Å². The summed E-state index contributed by atoms with van der Waals surface area (Å²) in [5.74, 6) is 1.42. The van der Waals surface area contributed by atoms with E-state index in [1.165, 1.54) is 0 Å². The summed E-state index contributed by atoms with van der Waals surface area (Å²) in [4.78, 5) is 12.8. The van der Waals surface area contributed by atoms with Gasteiger partial charge in [-0.15, -0.1) is 0 Å². The number of fused-ring (bicyclic) bond motifs is 1. The maximum absolute atomic E-state index is 12.8. The third kappa shape index (κ3) is 3.65. The van der Waals surface area contributed by atoms with Gasteiger partial charge in [0.25, 0.3) is 5.91 Å². The van der Waals surface area contributed by atoms with Crippen LogP contribution in [0.1, 0.15) is 10.4 Å². The number of methoxy groups -OCH3 is 3. The molecule has 0 aliphatic carbocycles. The predicted molar refractivity (Wildman–Crippen MR) is 116 cm³/mol. The van der Waals surface area contributed by atoms with E-state index in [9.17, 15) is 4.79 Å². The number of anilines is 1. The molecule has 0 aliphatic rings. The van der Waals surface area contributed by atoms with Crippen LogP contribution in [0.4, 0.5) is 5.69 Å². The summed E-state index contributed by atoms with van der Waals surface area (Å²) in [5.41, 5.74) is 3.85. The van der Waals surface area contributed by atoms with Crippen molar-refractivity contribution in [2.24, 2.45) is 0 Å². The average molecular weight is 403 g/mol. The van der Waals surface area contributed by atoms with Gasteiger partial charge >= 0.3 is 0 Å². The smallest absolute Gasteiger partial charge is 0.255 e. The molecule has 1 amide bonds. The van der Waals surface area contributed by atoms with Crippen molar-refractivity contribution in [3.8, 4) is 28.4 Å². The van der Waals surface area contributed by atoms with E-state index >= 15 is 0 Å². The van der Waals surface area contributed by atoms with Gasteiger partial charge in [0.05, 0.1) is 33.0 Å². The normalized spacial score (nSPS) is 10.6. The van der Waals surface area contributed by atoms with Gasteiger partial charge in [0.1, 0.15) is 0 Å². The molecule has 0 saturated heterocycles. The molecule has 1 aromatic heterocycles. The number of rotatable bonds is 6. The van der Waals surface area contributed by atoms with Gasteiger partial charge in [0, 0.05) is 16.6 Å². The van der Waals surface area contributed by atoms with E-state index in [1.807, 2.05) is 48.5 Å². The molecule has 0 spiro atoms. The zero-order valence-corrected chi connectivity index (χ0v) is 16.9. The number of benzene rings is 3. The lowest BCUT2D eigenvalue weighted by molar-refractivity contribution is 0.102. The Bertz CT molecular complexity index is 1190. The van der Waals surface area contributed by atoms with Gasteiger partial charge < -0.3 is 19.5 Å². The Labute approximate surface area is 173 Å². The fourth-order valence-corrected chi connectivity index (χ4v) is 3.31. The monoisotopic (exact) mass is 403 g/mol. The van der Waals surface area contributed by atoms with Crippen molar-refractivity contribution in [3.63, 3.8) is 0 Å². The number of carbonyl (C=O) groups is 1. The summed E-state index contributed by atoms with van der Waals surface area (Å²) in [7, 11) is 4.70. The molecule has 1 heterocycles. The fourth-order valence-electron chi connectivity index (χ4n) is 3.31. The number of aromatic nitrogens is 2. The highest BCUT2D eigenvalue weighted by Gasteiger charge is 2.15. The molecule has 0 bridgehead atoms. The molecule has 4 rings (SSSR count). The molecule has 0 radical (unpaired) electrons. The highest BCUT2D eigenvalue weighted by Crippen LogP contribution is 2.41. The lowest BCUT2D eigenvalue weighted by Crippen LogP contribution is -2.11. The number of nitrogens with zero attached hydrogens (tertiary/aromatic N) is 1. The van der Waals surface area contributed by atoms with E-state index < -0.39 is 0 Å². The van der Waals surface area contributed by atoms with Crippen molar-refractivity contribution >= 4 is 22.5 Å². The minimum Gasteiger partial charge on any atom is -0.493 e. The van der Waals surface area contributed by atoms with Crippen LogP contribution in [0.25, 0.3) is 22.0 Å². The number of H-pyrrole nitrogens is 1. The Morgan fingerprint density at radius 2 is 1.67 bits per heavy atom. The Morgan fingerprint density at radius 3 is 2.37 bits per heavy atom. The summed E-state index contributed by atoms with van der Waals surface area (Å²) in [5, 5.41) is 10.8. The van der Waals surface area contributed by atoms with Gasteiger partial charge in [-0.1, -0.05) is 12.1 Å². The zero-order chi connectivity index (χ0) is 21.1. The summed E-state index contributed by atoms with van der Waals surface area (Å²) < 4.78 is 16.2. The standard InChI is InChI=1S/C23H21N3O4/c1-28-20-11-16(12-21(29-2)22(20)30-3)14-5-4-6-15(9-14)23(27)25-18-7-8-19-17(10-18)13-24-26-19/h4-13H,1-3H3,(H,24,26)(H,25,27). The van der Waals surface area contributed by atoms with Crippen LogP contribution in [0.15, 0.2) is 60.8 Å². The number of amides is 1. The van der Waals surface area contributed by atoms with Crippen LogP contribution >= 0.6 is 0 Å². The van der Waals surface area contributed by atoms with Crippen molar-refractivity contribution < 1.29 is 19.0 Å². The van der Waals surface area contributed by atoms with Gasteiger partial charge in [0.2, 0.25) is 5.75 Å². The highest BCUT2D eigenvalue weighted by atomic mass is 16.5. The number of hydrogen-bond donors (Lipinski definition) is 2. The molecule has 0 atom stereocenters. The Kier molecular flexibility index (Phi) is 5.26. The van der Waals surface area contributed by atoms with Crippen LogP contribution in [-0.4, -0.2) is 37.4 Å². The van der Waals surface area contributed by atoms with Gasteiger partial charge in [0.15, 0.2) is 11.5 Å². The van der Waals surface area contributed by atoms with Gasteiger partial charge in [-0.05, 0) is 53.6 Å². The third-order valence-electron chi connectivity index (χ3n) is 4.82. The number of aromatic amines is 1. The van der Waals surface area contributed by atoms with E-state index in [1.54, 1.807) is 33.6 Å². The Balaban J connectivity index is 1.64. The SMILES string of the molecule is COc1cc(-c2cccc(C(=O)Nc3ccc4[nH]ncc4c3)c2)cc(OC)c1OC. The van der Waals surface area contributed by atoms with Crippen LogP contribution in [-0.2, 0) is 0 Å². The molecule has 7 heteroatoms. The molecule has 3 aromatic carbocycles. The summed E-state index contributed by atoms with van der Waals surface area (Å²) >= 11 is 0. The largest absolute Gasteiger partial charge is 0.493 e. The molecule has 0 saturated carbocycles. The quantitative estimate of drug-likeness (QED) is 0.495. The number of carbonyl (C=O) groups excluding carboxylic acids is 1. The summed E-state index contributed by atoms with van der Waals surface area (Å²) in [6.45, 7) is 0. The van der Waals surface area contributed by atoms with E-state index in [-0.39, 0.29) is 5.91 Å². The van der Waals surface area contributed by atoms with Crippen LogP contribution in [0.2, 0.25) is 0 Å². The lowest BCUT2D eigenvalue weighted by Gasteiger charge is -2.14. The van der Waals surface area contributed by atoms with Gasteiger partial charge in [-0.3, -0.25) is 9.89 Å². The van der Waals surface area contributed by atoms with Crippen molar-refractivity contribution in [2.45, 2.75) is 0 Å². The topological polar surface area (TPSA) is 85.5 Å². The van der Waals surface area contributed by atoms with Gasteiger partial charge in [-0.25, -0.2) is 0 Å². The molecule has 0 aliphatic heterocycles. The third-order valence-corrected chi connectivity index (χ3v) is 4.82. The molecule has 0 fully saturated rings. The maximum Gasteiger partial charge on any atom is 0.255 e. The second kappa shape index (κ2) is 8.16. The second-order valence-electron chi connectivity index (χ2n) is 6.62. The van der Waals surface area contributed by atoms with Crippen molar-refractivity contribution in [3.05, 3.63) is 66.4 Å². The number of ether oxygens (including phenoxy) is 3. The molecule has 0 unspecified atom stereocenters. The van der Waals surface area contributed by atoms with Gasteiger partial charge in [-0.2, -0.15) is 5.10 Å². The first-order valence-corrected chi connectivity index (χ1v) is 9.28. The van der Waals surface area contributed by atoms with E-state index in [0.29, 0.717) is 28.5 Å². The van der Waals surface area contributed by atoms with Crippen LogP contribution in [0, 0.1) is 0 Å². The minimum atomic E-state index is -0.202. The van der Waals surface area contributed by atoms with Crippen LogP contribution in [0.5, 0.6) is 17.2 Å². The summed E-state index contributed by atoms with van der Waals surface area (Å²) in [6, 6.07) is 16.7. The minimum absolute atomic E-state index is 0.202. The molecule has 4 aromatic rings. The number of hydrogen-bond acceptors (Lipinski definition) is 5. The van der Waals surface area contributed by atoms with Crippen LogP contribution < -0.4 is 19.5 Å². The molecular formula is C23H21N3O4. The first-order chi connectivity index (χ1) is 14.6. The number of nitrogens with one attached hydrogen (secondary N) is 2. The lowest BCUT2D eigenvalue weighted by atomic mass is 10.0. The van der Waals surface area contributed by atoms with E-state index in [4.69, 9.17) is 14.2 Å². The molecular weight excluding hydrogens is 382 g/mol. The Hall–Kier alpha value is -4.00. The highest BCUT2D eigenvalue weighted by molar-refractivity contribution is 6.05. The average Bonchev–Trinajstić information content (AvgIpc) is 3.26.